The highest BCUT2D eigenvalue weighted by Crippen LogP contribution is 2.41. The molecule has 0 aromatic carbocycles. The number of aryl methyl sites for hydroxylation is 2. The van der Waals surface area contributed by atoms with E-state index in [1.807, 2.05) is 23.5 Å². The molecule has 1 aromatic rings. The van der Waals surface area contributed by atoms with Crippen LogP contribution in [0.3, 0.4) is 0 Å². The molecule has 3 nitrogen and oxygen atoms in total. The van der Waals surface area contributed by atoms with Gasteiger partial charge in [0.2, 0.25) is 0 Å². The number of aromatic nitrogens is 2. The molecule has 21 heavy (non-hydrogen) atoms. The topological polar surface area (TPSA) is 37.8 Å². The highest BCUT2D eigenvalue weighted by molar-refractivity contribution is 8.06. The highest BCUT2D eigenvalue weighted by atomic mass is 32.2. The van der Waals surface area contributed by atoms with E-state index in [4.69, 9.17) is 9.97 Å². The van der Waals surface area contributed by atoms with Crippen LogP contribution in [0.15, 0.2) is 0 Å². The molecule has 1 aliphatic heterocycles. The third kappa shape index (κ3) is 4.60. The molecule has 2 heterocycles. The van der Waals surface area contributed by atoms with Gasteiger partial charge in [0.1, 0.15) is 5.82 Å². The van der Waals surface area contributed by atoms with Gasteiger partial charge < -0.3 is 5.32 Å². The molecule has 2 unspecified atom stereocenters. The average molecular weight is 326 g/mol. The third-order valence-electron chi connectivity index (χ3n) is 3.68. The van der Waals surface area contributed by atoms with Crippen molar-refractivity contribution in [1.29, 1.82) is 0 Å². The van der Waals surface area contributed by atoms with Crippen LogP contribution in [0, 0.1) is 13.8 Å². The smallest absolute Gasteiger partial charge is 0.142 e. The lowest BCUT2D eigenvalue weighted by atomic mass is 10.1. The quantitative estimate of drug-likeness (QED) is 0.912. The summed E-state index contributed by atoms with van der Waals surface area (Å²) in [6.45, 7) is 13.9. The van der Waals surface area contributed by atoms with Crippen molar-refractivity contribution in [3.63, 3.8) is 0 Å². The molecule has 1 aliphatic rings. The Hall–Kier alpha value is -0.260. The van der Waals surface area contributed by atoms with Crippen LogP contribution in [0.25, 0.3) is 0 Å². The Morgan fingerprint density at radius 3 is 2.19 bits per heavy atom. The first-order chi connectivity index (χ1) is 9.78. The lowest BCUT2D eigenvalue weighted by Crippen LogP contribution is -2.35. The molecule has 1 N–H and O–H groups in total. The first kappa shape index (κ1) is 17.1. The first-order valence-corrected chi connectivity index (χ1v) is 9.70. The minimum atomic E-state index is 0.113. The summed E-state index contributed by atoms with van der Waals surface area (Å²) in [4.78, 5) is 9.65. The Morgan fingerprint density at radius 2 is 1.67 bits per heavy atom. The fraction of sp³-hybridized carbons (Fsp3) is 0.750. The van der Waals surface area contributed by atoms with Gasteiger partial charge in [-0.2, -0.15) is 11.8 Å². The monoisotopic (exact) mass is 325 g/mol. The number of hydrogen-bond donors (Lipinski definition) is 1. The van der Waals surface area contributed by atoms with E-state index in [0.29, 0.717) is 10.5 Å². The van der Waals surface area contributed by atoms with E-state index in [0.717, 1.165) is 23.8 Å². The van der Waals surface area contributed by atoms with Crippen LogP contribution in [-0.2, 0) is 6.54 Å². The normalized spacial score (nSPS) is 23.3. The molecule has 0 aliphatic carbocycles. The van der Waals surface area contributed by atoms with Crippen LogP contribution in [0.5, 0.6) is 0 Å². The molecular formula is C16H27N3S2. The Labute approximate surface area is 137 Å². The maximum absolute atomic E-state index is 4.82. The second-order valence-corrected chi connectivity index (χ2v) is 9.44. The summed E-state index contributed by atoms with van der Waals surface area (Å²) in [6, 6.07) is 0. The van der Waals surface area contributed by atoms with E-state index in [2.05, 4.69) is 46.9 Å². The van der Waals surface area contributed by atoms with E-state index in [9.17, 15) is 0 Å². The number of thioether (sulfide) groups is 2. The summed E-state index contributed by atoms with van der Waals surface area (Å²) >= 11 is 4.04. The molecule has 0 saturated carbocycles. The molecule has 118 valence electrons. The summed E-state index contributed by atoms with van der Waals surface area (Å²) in [5.74, 6) is 3.47. The zero-order chi connectivity index (χ0) is 15.6. The molecule has 5 heteroatoms. The minimum absolute atomic E-state index is 0.113. The Kier molecular flexibility index (Phi) is 5.60. The fourth-order valence-electron chi connectivity index (χ4n) is 2.42. The molecular weight excluding hydrogens is 298 g/mol. The second-order valence-electron chi connectivity index (χ2n) is 6.70. The summed E-state index contributed by atoms with van der Waals surface area (Å²) < 4.78 is 0. The lowest BCUT2D eigenvalue weighted by molar-refractivity contribution is 0.422. The van der Waals surface area contributed by atoms with Gasteiger partial charge in [-0.05, 0) is 34.6 Å². The zero-order valence-electron chi connectivity index (χ0n) is 14.0. The Bertz CT molecular complexity index is 474. The molecule has 1 fully saturated rings. The van der Waals surface area contributed by atoms with Crippen LogP contribution < -0.4 is 5.32 Å². The van der Waals surface area contributed by atoms with Gasteiger partial charge in [0.15, 0.2) is 0 Å². The number of hydrogen-bond acceptors (Lipinski definition) is 5. The van der Waals surface area contributed by atoms with Gasteiger partial charge in [0.25, 0.3) is 0 Å². The SMILES string of the molecule is Cc1nc(C2SCCSC2C)nc(C)c1CNC(C)(C)C. The largest absolute Gasteiger partial charge is 0.308 e. The van der Waals surface area contributed by atoms with Gasteiger partial charge in [0, 0.05) is 45.8 Å². The van der Waals surface area contributed by atoms with Crippen molar-refractivity contribution < 1.29 is 0 Å². The van der Waals surface area contributed by atoms with Crippen molar-refractivity contribution in [2.45, 2.75) is 64.1 Å². The molecule has 0 radical (unpaired) electrons. The van der Waals surface area contributed by atoms with Crippen molar-refractivity contribution in [3.8, 4) is 0 Å². The van der Waals surface area contributed by atoms with E-state index in [-0.39, 0.29) is 5.54 Å². The van der Waals surface area contributed by atoms with Crippen LogP contribution in [0.1, 0.15) is 55.7 Å². The van der Waals surface area contributed by atoms with Gasteiger partial charge in [-0.3, -0.25) is 0 Å². The van der Waals surface area contributed by atoms with Crippen molar-refractivity contribution in [2.24, 2.45) is 0 Å². The van der Waals surface area contributed by atoms with E-state index >= 15 is 0 Å². The van der Waals surface area contributed by atoms with Crippen molar-refractivity contribution in [1.82, 2.24) is 15.3 Å². The summed E-state index contributed by atoms with van der Waals surface area (Å²) in [6.07, 6.45) is 0. The average Bonchev–Trinajstić information content (AvgIpc) is 2.36. The number of nitrogens with one attached hydrogen (secondary N) is 1. The van der Waals surface area contributed by atoms with Crippen LogP contribution >= 0.6 is 23.5 Å². The van der Waals surface area contributed by atoms with Crippen LogP contribution in [0.2, 0.25) is 0 Å². The zero-order valence-corrected chi connectivity index (χ0v) is 15.6. The maximum atomic E-state index is 4.82. The van der Waals surface area contributed by atoms with E-state index in [1.165, 1.54) is 17.1 Å². The molecule has 0 bridgehead atoms. The van der Waals surface area contributed by atoms with Crippen molar-refractivity contribution >= 4 is 23.5 Å². The van der Waals surface area contributed by atoms with Crippen LogP contribution in [-0.4, -0.2) is 32.3 Å². The molecule has 0 amide bonds. The van der Waals surface area contributed by atoms with Gasteiger partial charge >= 0.3 is 0 Å². The number of nitrogens with zero attached hydrogens (tertiary/aromatic N) is 2. The first-order valence-electron chi connectivity index (χ1n) is 7.60. The minimum Gasteiger partial charge on any atom is -0.308 e. The second kappa shape index (κ2) is 6.88. The van der Waals surface area contributed by atoms with Gasteiger partial charge in [-0.25, -0.2) is 9.97 Å². The Morgan fingerprint density at radius 1 is 1.10 bits per heavy atom. The third-order valence-corrected chi connectivity index (χ3v) is 6.76. The standard InChI is InChI=1S/C16H27N3S2/c1-10-13(9-17-16(4,5)6)11(2)19-15(18-10)14-12(3)20-7-8-21-14/h12,14,17H,7-9H2,1-6H3. The van der Waals surface area contributed by atoms with Crippen molar-refractivity contribution in [2.75, 3.05) is 11.5 Å². The fourth-order valence-corrected chi connectivity index (χ4v) is 5.11. The van der Waals surface area contributed by atoms with Crippen LogP contribution in [0.4, 0.5) is 0 Å². The predicted molar refractivity (Wildman–Crippen MR) is 95.2 cm³/mol. The summed E-state index contributed by atoms with van der Waals surface area (Å²) in [5.41, 5.74) is 3.60. The van der Waals surface area contributed by atoms with Gasteiger partial charge in [-0.1, -0.05) is 6.92 Å². The maximum Gasteiger partial charge on any atom is 0.142 e. The lowest BCUT2D eigenvalue weighted by Gasteiger charge is -2.27. The molecule has 2 rings (SSSR count). The highest BCUT2D eigenvalue weighted by Gasteiger charge is 2.27. The van der Waals surface area contributed by atoms with Crippen molar-refractivity contribution in [3.05, 3.63) is 22.8 Å². The summed E-state index contributed by atoms with van der Waals surface area (Å²) in [7, 11) is 0. The van der Waals surface area contributed by atoms with Gasteiger partial charge in [-0.15, -0.1) is 11.8 Å². The Balaban J connectivity index is 2.20. The molecule has 0 spiro atoms. The summed E-state index contributed by atoms with van der Waals surface area (Å²) in [5, 5.41) is 4.57. The van der Waals surface area contributed by atoms with Gasteiger partial charge in [0.05, 0.1) is 5.25 Å². The van der Waals surface area contributed by atoms with E-state index < -0.39 is 0 Å². The molecule has 2 atom stereocenters. The molecule has 1 saturated heterocycles. The molecule has 1 aromatic heterocycles. The van der Waals surface area contributed by atoms with E-state index in [1.54, 1.807) is 0 Å². The predicted octanol–water partition coefficient (Wildman–Crippen LogP) is 3.89. The number of rotatable bonds is 3.